The summed E-state index contributed by atoms with van der Waals surface area (Å²) >= 11 is 0. The van der Waals surface area contributed by atoms with Gasteiger partial charge in [-0.05, 0) is 39.2 Å². The van der Waals surface area contributed by atoms with Crippen LogP contribution in [0.3, 0.4) is 0 Å². The number of benzene rings is 1. The lowest BCUT2D eigenvalue weighted by molar-refractivity contribution is 0.0774. The van der Waals surface area contributed by atoms with Gasteiger partial charge in [0, 0.05) is 18.8 Å². The highest BCUT2D eigenvalue weighted by atomic mass is 31.2. The predicted molar refractivity (Wildman–Crippen MR) is 111 cm³/mol. The molecule has 9 heteroatoms. The third-order valence-electron chi connectivity index (χ3n) is 4.94. The molecule has 0 radical (unpaired) electrons. The van der Waals surface area contributed by atoms with E-state index in [0.29, 0.717) is 49.0 Å². The summed E-state index contributed by atoms with van der Waals surface area (Å²) in [6, 6.07) is 3.47. The summed E-state index contributed by atoms with van der Waals surface area (Å²) in [6.07, 6.45) is 4.53. The topological polar surface area (TPSA) is 86.7 Å². The van der Waals surface area contributed by atoms with Crippen LogP contribution in [0.5, 0.6) is 11.5 Å². The van der Waals surface area contributed by atoms with Crippen LogP contribution in [0, 0.1) is 0 Å². The number of amides is 1. The van der Waals surface area contributed by atoms with Gasteiger partial charge in [0.15, 0.2) is 11.5 Å². The molecule has 1 atom stereocenters. The summed E-state index contributed by atoms with van der Waals surface area (Å²) in [5.41, 5.74) is 1.10. The first-order valence-corrected chi connectivity index (χ1v) is 11.8. The molecule has 0 aliphatic carbocycles. The van der Waals surface area contributed by atoms with Gasteiger partial charge in [-0.15, -0.1) is 0 Å². The minimum atomic E-state index is -3.09. The van der Waals surface area contributed by atoms with E-state index in [9.17, 15) is 9.36 Å². The van der Waals surface area contributed by atoms with Crippen LogP contribution >= 0.6 is 7.60 Å². The molecule has 2 aliphatic rings. The number of methoxy groups -OCH3 is 1. The number of aliphatic imine (C=N–C) groups is 1. The van der Waals surface area contributed by atoms with E-state index in [1.165, 1.54) is 7.11 Å². The van der Waals surface area contributed by atoms with E-state index in [4.69, 9.17) is 18.5 Å². The van der Waals surface area contributed by atoms with Crippen molar-refractivity contribution < 1.29 is 27.9 Å². The van der Waals surface area contributed by atoms with Crippen LogP contribution in [0.25, 0.3) is 0 Å². The molecule has 3 rings (SSSR count). The van der Waals surface area contributed by atoms with Crippen molar-refractivity contribution in [3.05, 3.63) is 17.7 Å². The van der Waals surface area contributed by atoms with Gasteiger partial charge in [0.1, 0.15) is 0 Å². The van der Waals surface area contributed by atoms with Gasteiger partial charge < -0.3 is 23.4 Å². The van der Waals surface area contributed by atoms with Gasteiger partial charge in [0.25, 0.3) is 5.91 Å². The zero-order valence-corrected chi connectivity index (χ0v) is 18.2. The highest BCUT2D eigenvalue weighted by Crippen LogP contribution is 2.48. The molecule has 2 aliphatic heterocycles. The monoisotopic (exact) mass is 424 g/mol. The van der Waals surface area contributed by atoms with Crippen LogP contribution in [0.15, 0.2) is 17.1 Å². The van der Waals surface area contributed by atoms with Crippen molar-refractivity contribution in [2.45, 2.75) is 39.2 Å². The zero-order chi connectivity index (χ0) is 20.9. The van der Waals surface area contributed by atoms with Crippen molar-refractivity contribution >= 4 is 25.4 Å². The minimum absolute atomic E-state index is 0.0285. The Kier molecular flexibility index (Phi) is 7.33. The second kappa shape index (κ2) is 9.74. The van der Waals surface area contributed by atoms with Crippen molar-refractivity contribution in [1.29, 1.82) is 0 Å². The van der Waals surface area contributed by atoms with Crippen LogP contribution in [0.2, 0.25) is 0 Å². The molecule has 1 saturated heterocycles. The van der Waals surface area contributed by atoms with Gasteiger partial charge >= 0.3 is 7.60 Å². The average molecular weight is 424 g/mol. The van der Waals surface area contributed by atoms with E-state index >= 15 is 0 Å². The number of nitrogens with zero attached hydrogens (tertiary/aromatic N) is 2. The fourth-order valence-corrected chi connectivity index (χ4v) is 5.26. The maximum Gasteiger partial charge on any atom is 0.330 e. The Hall–Kier alpha value is -1.89. The molecule has 0 aromatic heterocycles. The summed E-state index contributed by atoms with van der Waals surface area (Å²) < 4.78 is 34.4. The Morgan fingerprint density at radius 2 is 1.97 bits per heavy atom. The Morgan fingerprint density at radius 3 is 2.66 bits per heavy atom. The number of rotatable bonds is 10. The minimum Gasteiger partial charge on any atom is -0.493 e. The molecule has 1 amide bonds. The lowest BCUT2D eigenvalue weighted by Gasteiger charge is -2.20. The van der Waals surface area contributed by atoms with E-state index in [0.717, 1.165) is 19.4 Å². The lowest BCUT2D eigenvalue weighted by Crippen LogP contribution is -2.35. The van der Waals surface area contributed by atoms with Crippen LogP contribution < -0.4 is 9.47 Å². The van der Waals surface area contributed by atoms with E-state index < -0.39 is 7.60 Å². The summed E-state index contributed by atoms with van der Waals surface area (Å²) in [5.74, 6) is 0.947. The molecule has 0 spiro atoms. The number of carbonyl (C=O) groups is 1. The molecule has 2 heterocycles. The molecule has 1 fully saturated rings. The smallest absolute Gasteiger partial charge is 0.330 e. The molecule has 8 nitrogen and oxygen atoms in total. The first-order chi connectivity index (χ1) is 14.0. The highest BCUT2D eigenvalue weighted by molar-refractivity contribution is 7.53. The van der Waals surface area contributed by atoms with Crippen LogP contribution in [0.4, 0.5) is 5.69 Å². The molecule has 1 aromatic carbocycles. The van der Waals surface area contributed by atoms with Gasteiger partial charge in [-0.1, -0.05) is 0 Å². The average Bonchev–Trinajstić information content (AvgIpc) is 3.13. The number of hydrogen-bond acceptors (Lipinski definition) is 7. The second-order valence-electron chi connectivity index (χ2n) is 6.88. The Morgan fingerprint density at radius 1 is 1.21 bits per heavy atom. The van der Waals surface area contributed by atoms with E-state index in [1.807, 2.05) is 11.1 Å². The SMILES string of the molecule is CCOP(=O)(CCCOc1cc2c(cc1OC)C(=O)N1CCC[C@H]1C=N2)OCC. The summed E-state index contributed by atoms with van der Waals surface area (Å²) in [6.45, 7) is 5.30. The van der Waals surface area contributed by atoms with E-state index in [-0.39, 0.29) is 18.1 Å². The standard InChI is InChI=1S/C20H29N2O6P/c1-4-27-29(24,28-5-2)11-7-10-26-19-13-17-16(12-18(19)25-3)20(23)22-9-6-8-15(22)14-21-17/h12-15H,4-11H2,1-3H3/t15-/m0/s1. The van der Waals surface area contributed by atoms with Crippen molar-refractivity contribution in [2.75, 3.05) is 39.6 Å². The van der Waals surface area contributed by atoms with Gasteiger partial charge in [-0.2, -0.15) is 0 Å². The van der Waals surface area contributed by atoms with Gasteiger partial charge in [-0.3, -0.25) is 14.4 Å². The third kappa shape index (κ3) is 5.00. The molecule has 29 heavy (non-hydrogen) atoms. The molecule has 1 aromatic rings. The molecule has 0 bridgehead atoms. The quantitative estimate of drug-likeness (QED) is 0.416. The fraction of sp³-hybridized carbons (Fsp3) is 0.600. The Balaban J connectivity index is 1.70. The number of carbonyl (C=O) groups excluding carboxylic acids is 1. The highest BCUT2D eigenvalue weighted by Gasteiger charge is 2.32. The molecular weight excluding hydrogens is 395 g/mol. The normalized spacial score (nSPS) is 18.4. The first-order valence-electron chi connectivity index (χ1n) is 10.1. The maximum atomic E-state index is 12.9. The van der Waals surface area contributed by atoms with Crippen LogP contribution in [-0.2, 0) is 13.6 Å². The molecule has 0 saturated carbocycles. The van der Waals surface area contributed by atoms with Crippen molar-refractivity contribution in [2.24, 2.45) is 4.99 Å². The Bertz CT molecular complexity index is 802. The van der Waals surface area contributed by atoms with Crippen LogP contribution in [-0.4, -0.2) is 62.7 Å². The van der Waals surface area contributed by atoms with Crippen molar-refractivity contribution in [3.8, 4) is 11.5 Å². The van der Waals surface area contributed by atoms with E-state index in [1.54, 1.807) is 26.0 Å². The first kappa shape index (κ1) is 21.8. The molecule has 160 valence electrons. The molecule has 0 N–H and O–H groups in total. The van der Waals surface area contributed by atoms with Gasteiger partial charge in [-0.25, -0.2) is 0 Å². The van der Waals surface area contributed by atoms with Gasteiger partial charge in [0.2, 0.25) is 0 Å². The largest absolute Gasteiger partial charge is 0.493 e. The molecular formula is C20H29N2O6P. The fourth-order valence-electron chi connectivity index (χ4n) is 3.62. The van der Waals surface area contributed by atoms with Crippen molar-refractivity contribution in [1.82, 2.24) is 4.90 Å². The number of ether oxygens (including phenoxy) is 2. The van der Waals surface area contributed by atoms with E-state index in [2.05, 4.69) is 4.99 Å². The number of hydrogen-bond donors (Lipinski definition) is 0. The van der Waals surface area contributed by atoms with Crippen LogP contribution in [0.1, 0.15) is 43.5 Å². The van der Waals surface area contributed by atoms with Gasteiger partial charge in [0.05, 0.1) is 50.4 Å². The Labute approximate surface area is 171 Å². The molecule has 0 unspecified atom stereocenters. The van der Waals surface area contributed by atoms with Crippen molar-refractivity contribution in [3.63, 3.8) is 0 Å². The second-order valence-corrected chi connectivity index (χ2v) is 9.06. The lowest BCUT2D eigenvalue weighted by atomic mass is 10.1. The third-order valence-corrected chi connectivity index (χ3v) is 7.11. The zero-order valence-electron chi connectivity index (χ0n) is 17.3. The summed E-state index contributed by atoms with van der Waals surface area (Å²) in [7, 11) is -1.55. The predicted octanol–water partition coefficient (Wildman–Crippen LogP) is 4.05. The summed E-state index contributed by atoms with van der Waals surface area (Å²) in [4.78, 5) is 19.3. The maximum absolute atomic E-state index is 12.9. The summed E-state index contributed by atoms with van der Waals surface area (Å²) in [5, 5.41) is 0. The number of fused-ring (bicyclic) bond motifs is 2.